The summed E-state index contributed by atoms with van der Waals surface area (Å²) in [7, 11) is 0. The Morgan fingerprint density at radius 1 is 1.19 bits per heavy atom. The minimum atomic E-state index is -0.225. The minimum absolute atomic E-state index is 0.225. The van der Waals surface area contributed by atoms with Crippen LogP contribution in [-0.2, 0) is 6.61 Å². The summed E-state index contributed by atoms with van der Waals surface area (Å²) in [5.74, 6) is 1.11. The monoisotopic (exact) mass is 379 g/mol. The van der Waals surface area contributed by atoms with Gasteiger partial charge in [-0.25, -0.2) is 4.98 Å². The highest BCUT2D eigenvalue weighted by atomic mass is 32.1. The highest BCUT2D eigenvalue weighted by molar-refractivity contribution is 7.22. The number of thiazole rings is 1. The van der Waals surface area contributed by atoms with Crippen molar-refractivity contribution in [3.63, 3.8) is 0 Å². The zero-order chi connectivity index (χ0) is 18.8. The largest absolute Gasteiger partial charge is 0.489 e. The standard InChI is InChI=1S/C20H17N3O3S/c1-12-16(13(2)26-23-12)11-25-15-7-5-6-14(10-15)19(24)22-20-21-17-8-3-4-9-18(17)27-20/h3-10H,11H2,1-2H3,(H,21,22,24). The number of aryl methyl sites for hydroxylation is 2. The highest BCUT2D eigenvalue weighted by Crippen LogP contribution is 2.26. The molecule has 4 rings (SSSR count). The lowest BCUT2D eigenvalue weighted by Crippen LogP contribution is -2.11. The molecule has 0 radical (unpaired) electrons. The van der Waals surface area contributed by atoms with Crippen molar-refractivity contribution in [2.45, 2.75) is 20.5 Å². The number of hydrogen-bond acceptors (Lipinski definition) is 6. The maximum Gasteiger partial charge on any atom is 0.257 e. The van der Waals surface area contributed by atoms with E-state index in [2.05, 4.69) is 15.5 Å². The van der Waals surface area contributed by atoms with Crippen LogP contribution < -0.4 is 10.1 Å². The number of amides is 1. The van der Waals surface area contributed by atoms with Crippen LogP contribution in [0.3, 0.4) is 0 Å². The first-order valence-corrected chi connectivity index (χ1v) is 9.23. The molecule has 0 saturated carbocycles. The van der Waals surface area contributed by atoms with Gasteiger partial charge in [-0.15, -0.1) is 0 Å². The first-order valence-electron chi connectivity index (χ1n) is 8.41. The fourth-order valence-electron chi connectivity index (χ4n) is 2.69. The molecule has 4 aromatic rings. The molecule has 27 heavy (non-hydrogen) atoms. The van der Waals surface area contributed by atoms with Gasteiger partial charge in [0.2, 0.25) is 0 Å². The number of hydrogen-bond donors (Lipinski definition) is 1. The molecule has 0 fully saturated rings. The number of carbonyl (C=O) groups is 1. The number of fused-ring (bicyclic) bond motifs is 1. The van der Waals surface area contributed by atoms with Gasteiger partial charge in [0.25, 0.3) is 5.91 Å². The van der Waals surface area contributed by atoms with Crippen molar-refractivity contribution in [2.24, 2.45) is 0 Å². The Labute approximate surface area is 159 Å². The second-order valence-electron chi connectivity index (χ2n) is 6.06. The third-order valence-electron chi connectivity index (χ3n) is 4.17. The summed E-state index contributed by atoms with van der Waals surface area (Å²) in [6.45, 7) is 4.06. The van der Waals surface area contributed by atoms with Gasteiger partial charge in [0, 0.05) is 5.56 Å². The Morgan fingerprint density at radius 2 is 2.04 bits per heavy atom. The van der Waals surface area contributed by atoms with Crippen molar-refractivity contribution in [3.05, 3.63) is 71.1 Å². The number of ether oxygens (including phenoxy) is 1. The second-order valence-corrected chi connectivity index (χ2v) is 7.09. The first kappa shape index (κ1) is 17.2. The maximum atomic E-state index is 12.6. The Bertz CT molecular complexity index is 1060. The molecule has 0 aliphatic carbocycles. The van der Waals surface area contributed by atoms with Crippen molar-refractivity contribution in [3.8, 4) is 5.75 Å². The summed E-state index contributed by atoms with van der Waals surface area (Å²) in [6.07, 6.45) is 0. The molecule has 6 nitrogen and oxygen atoms in total. The van der Waals surface area contributed by atoms with E-state index in [0.29, 0.717) is 23.1 Å². The number of rotatable bonds is 5. The fraction of sp³-hybridized carbons (Fsp3) is 0.150. The molecule has 0 bridgehead atoms. The normalized spacial score (nSPS) is 10.9. The van der Waals surface area contributed by atoms with Gasteiger partial charge in [0.15, 0.2) is 5.13 Å². The van der Waals surface area contributed by atoms with Crippen LogP contribution in [0.5, 0.6) is 5.75 Å². The van der Waals surface area contributed by atoms with E-state index in [0.717, 1.165) is 27.2 Å². The average molecular weight is 379 g/mol. The molecule has 0 aliphatic heterocycles. The molecular weight excluding hydrogens is 362 g/mol. The van der Waals surface area contributed by atoms with Gasteiger partial charge in [0.1, 0.15) is 18.1 Å². The lowest BCUT2D eigenvalue weighted by Gasteiger charge is -2.08. The van der Waals surface area contributed by atoms with Crippen molar-refractivity contribution in [1.29, 1.82) is 0 Å². The Hall–Kier alpha value is -3.19. The van der Waals surface area contributed by atoms with Crippen molar-refractivity contribution >= 4 is 32.6 Å². The smallest absolute Gasteiger partial charge is 0.257 e. The molecule has 0 atom stereocenters. The van der Waals surface area contributed by atoms with E-state index in [4.69, 9.17) is 9.26 Å². The van der Waals surface area contributed by atoms with Gasteiger partial charge in [0.05, 0.1) is 21.5 Å². The number of anilines is 1. The SMILES string of the molecule is Cc1noc(C)c1COc1cccc(C(=O)Nc2nc3ccccc3s2)c1. The summed E-state index contributed by atoms with van der Waals surface area (Å²) in [4.78, 5) is 17.0. The van der Waals surface area contributed by atoms with E-state index < -0.39 is 0 Å². The van der Waals surface area contributed by atoms with Crippen molar-refractivity contribution in [2.75, 3.05) is 5.32 Å². The zero-order valence-electron chi connectivity index (χ0n) is 14.9. The molecule has 1 N–H and O–H groups in total. The summed E-state index contributed by atoms with van der Waals surface area (Å²) in [6, 6.07) is 14.8. The molecule has 2 aromatic carbocycles. The molecule has 0 saturated heterocycles. The number of aromatic nitrogens is 2. The minimum Gasteiger partial charge on any atom is -0.489 e. The zero-order valence-corrected chi connectivity index (χ0v) is 15.7. The summed E-state index contributed by atoms with van der Waals surface area (Å²) >= 11 is 1.44. The van der Waals surface area contributed by atoms with E-state index in [-0.39, 0.29) is 5.91 Å². The Balaban J connectivity index is 1.47. The van der Waals surface area contributed by atoms with Crippen LogP contribution in [0, 0.1) is 13.8 Å². The van der Waals surface area contributed by atoms with Crippen LogP contribution in [0.1, 0.15) is 27.4 Å². The molecule has 1 amide bonds. The topological polar surface area (TPSA) is 77.2 Å². The molecule has 7 heteroatoms. The van der Waals surface area contributed by atoms with Gasteiger partial charge >= 0.3 is 0 Å². The Morgan fingerprint density at radius 3 is 2.81 bits per heavy atom. The first-order chi connectivity index (χ1) is 13.1. The van der Waals surface area contributed by atoms with Crippen LogP contribution in [-0.4, -0.2) is 16.0 Å². The van der Waals surface area contributed by atoms with Gasteiger partial charge < -0.3 is 9.26 Å². The van der Waals surface area contributed by atoms with E-state index in [9.17, 15) is 4.79 Å². The third-order valence-corrected chi connectivity index (χ3v) is 5.13. The van der Waals surface area contributed by atoms with Crippen molar-refractivity contribution < 1.29 is 14.1 Å². The van der Waals surface area contributed by atoms with Crippen molar-refractivity contribution in [1.82, 2.24) is 10.1 Å². The predicted octanol–water partition coefficient (Wildman–Crippen LogP) is 4.73. The lowest BCUT2D eigenvalue weighted by molar-refractivity contribution is 0.102. The molecule has 136 valence electrons. The molecule has 2 heterocycles. The summed E-state index contributed by atoms with van der Waals surface area (Å²) in [5.41, 5.74) is 3.09. The number of benzene rings is 2. The maximum absolute atomic E-state index is 12.6. The second kappa shape index (κ2) is 7.20. The van der Waals surface area contributed by atoms with Gasteiger partial charge in [-0.3, -0.25) is 10.1 Å². The van der Waals surface area contributed by atoms with E-state index in [1.165, 1.54) is 11.3 Å². The van der Waals surface area contributed by atoms with Crippen LogP contribution >= 0.6 is 11.3 Å². The summed E-state index contributed by atoms with van der Waals surface area (Å²) in [5, 5.41) is 7.34. The quantitative estimate of drug-likeness (QED) is 0.542. The highest BCUT2D eigenvalue weighted by Gasteiger charge is 2.12. The molecular formula is C20H17N3O3S. The van der Waals surface area contributed by atoms with Gasteiger partial charge in [-0.05, 0) is 44.2 Å². The average Bonchev–Trinajstić information content (AvgIpc) is 3.22. The third kappa shape index (κ3) is 3.68. The number of carbonyl (C=O) groups excluding carboxylic acids is 1. The molecule has 0 spiro atoms. The van der Waals surface area contributed by atoms with Crippen LogP contribution in [0.4, 0.5) is 5.13 Å². The molecule has 0 aliphatic rings. The summed E-state index contributed by atoms with van der Waals surface area (Å²) < 4.78 is 12.0. The van der Waals surface area contributed by atoms with Gasteiger partial charge in [-0.1, -0.05) is 34.7 Å². The molecule has 2 aromatic heterocycles. The fourth-order valence-corrected chi connectivity index (χ4v) is 3.55. The van der Waals surface area contributed by atoms with Crippen LogP contribution in [0.25, 0.3) is 10.2 Å². The number of nitrogens with one attached hydrogen (secondary N) is 1. The van der Waals surface area contributed by atoms with Gasteiger partial charge in [-0.2, -0.15) is 0 Å². The lowest BCUT2D eigenvalue weighted by atomic mass is 10.2. The van der Waals surface area contributed by atoms with E-state index >= 15 is 0 Å². The van der Waals surface area contributed by atoms with Crippen LogP contribution in [0.15, 0.2) is 53.1 Å². The molecule has 0 unspecified atom stereocenters. The van der Waals surface area contributed by atoms with Crippen LogP contribution in [0.2, 0.25) is 0 Å². The predicted molar refractivity (Wildman–Crippen MR) is 104 cm³/mol. The number of para-hydroxylation sites is 1. The van der Waals surface area contributed by atoms with E-state index in [1.807, 2.05) is 44.2 Å². The Kier molecular flexibility index (Phi) is 4.60. The van der Waals surface area contributed by atoms with E-state index in [1.54, 1.807) is 18.2 Å². The number of nitrogens with zero attached hydrogens (tertiary/aromatic N) is 2.